The number of hydrogen-bond acceptors (Lipinski definition) is 5. The van der Waals surface area contributed by atoms with Crippen LogP contribution in [0.25, 0.3) is 0 Å². The number of thiazole rings is 1. The van der Waals surface area contributed by atoms with E-state index < -0.39 is 0 Å². The van der Waals surface area contributed by atoms with Crippen LogP contribution in [0.3, 0.4) is 0 Å². The van der Waals surface area contributed by atoms with E-state index in [0.717, 1.165) is 42.7 Å². The first kappa shape index (κ1) is 20.8. The van der Waals surface area contributed by atoms with Gasteiger partial charge in [-0.05, 0) is 36.3 Å². The number of aromatic nitrogens is 1. The molecule has 6 nitrogen and oxygen atoms in total. The Morgan fingerprint density at radius 1 is 1.36 bits per heavy atom. The predicted molar refractivity (Wildman–Crippen MR) is 117 cm³/mol. The fourth-order valence-electron chi connectivity index (χ4n) is 3.06. The Balaban J connectivity index is 1.47. The molecule has 152 valence electrons. The van der Waals surface area contributed by atoms with Gasteiger partial charge in [0.25, 0.3) is 0 Å². The van der Waals surface area contributed by atoms with Crippen molar-refractivity contribution >= 4 is 34.5 Å². The van der Waals surface area contributed by atoms with E-state index in [1.54, 1.807) is 22.7 Å². The van der Waals surface area contributed by atoms with Gasteiger partial charge in [-0.15, -0.1) is 22.7 Å². The second kappa shape index (κ2) is 10.0. The number of rotatable bonds is 7. The highest BCUT2D eigenvalue weighted by molar-refractivity contribution is 7.10. The van der Waals surface area contributed by atoms with Crippen molar-refractivity contribution in [1.29, 1.82) is 0 Å². The first-order valence-corrected chi connectivity index (χ1v) is 11.6. The van der Waals surface area contributed by atoms with Gasteiger partial charge in [0, 0.05) is 42.9 Å². The highest BCUT2D eigenvalue weighted by atomic mass is 32.1. The zero-order chi connectivity index (χ0) is 19.9. The molecule has 0 aliphatic carbocycles. The summed E-state index contributed by atoms with van der Waals surface area (Å²) < 4.78 is 0. The van der Waals surface area contributed by atoms with Crippen LogP contribution in [0, 0.1) is 0 Å². The lowest BCUT2D eigenvalue weighted by molar-refractivity contribution is -0.131. The maximum absolute atomic E-state index is 12.5. The van der Waals surface area contributed by atoms with Gasteiger partial charge in [0.15, 0.2) is 5.96 Å². The predicted octanol–water partition coefficient (Wildman–Crippen LogP) is 3.36. The van der Waals surface area contributed by atoms with Gasteiger partial charge in [0.05, 0.1) is 12.2 Å². The number of carbonyl (C=O) groups excluding carboxylic acids is 1. The lowest BCUT2D eigenvalue weighted by atomic mass is 10.1. The van der Waals surface area contributed by atoms with Crippen LogP contribution in [0.1, 0.15) is 54.3 Å². The Bertz CT molecular complexity index is 811. The summed E-state index contributed by atoms with van der Waals surface area (Å²) >= 11 is 3.44. The van der Waals surface area contributed by atoms with Crippen molar-refractivity contribution in [1.82, 2.24) is 20.5 Å². The zero-order valence-corrected chi connectivity index (χ0v) is 18.5. The van der Waals surface area contributed by atoms with Gasteiger partial charge >= 0.3 is 0 Å². The molecule has 3 rings (SSSR count). The third-order valence-corrected chi connectivity index (χ3v) is 6.54. The number of guanidine groups is 1. The van der Waals surface area contributed by atoms with E-state index in [4.69, 9.17) is 0 Å². The maximum Gasteiger partial charge on any atom is 0.224 e. The summed E-state index contributed by atoms with van der Waals surface area (Å²) in [6.07, 6.45) is 1.45. The number of aliphatic imine (C=N–C) groups is 1. The van der Waals surface area contributed by atoms with Crippen molar-refractivity contribution in [3.8, 4) is 0 Å². The molecule has 1 aliphatic rings. The Morgan fingerprint density at radius 3 is 2.96 bits per heavy atom. The molecule has 28 heavy (non-hydrogen) atoms. The first-order valence-electron chi connectivity index (χ1n) is 9.86. The normalized spacial score (nSPS) is 14.3. The second-order valence-electron chi connectivity index (χ2n) is 7.13. The number of amides is 1. The molecule has 2 aromatic rings. The molecule has 0 bridgehead atoms. The highest BCUT2D eigenvalue weighted by Gasteiger charge is 2.21. The standard InChI is InChI=1S/C20H29N5OS2/c1-4-21-20(23-11-18-24-16(13-28-18)14(2)3)22-8-5-19(26)25-9-6-17-15(12-25)7-10-27-17/h7,10,13-14H,4-6,8-9,11-12H2,1-3H3,(H2,21,22,23). The van der Waals surface area contributed by atoms with E-state index in [1.807, 2.05) is 11.8 Å². The van der Waals surface area contributed by atoms with Gasteiger partial charge in [-0.2, -0.15) is 0 Å². The molecule has 8 heteroatoms. The number of nitrogens with one attached hydrogen (secondary N) is 2. The minimum Gasteiger partial charge on any atom is -0.357 e. The van der Waals surface area contributed by atoms with Crippen LogP contribution in [0.2, 0.25) is 0 Å². The molecule has 0 saturated heterocycles. The van der Waals surface area contributed by atoms with Crippen LogP contribution in [0.5, 0.6) is 0 Å². The smallest absolute Gasteiger partial charge is 0.224 e. The minimum absolute atomic E-state index is 0.196. The van der Waals surface area contributed by atoms with Crippen molar-refractivity contribution in [2.45, 2.75) is 52.6 Å². The number of hydrogen-bond donors (Lipinski definition) is 2. The number of fused-ring (bicyclic) bond motifs is 1. The van der Waals surface area contributed by atoms with Crippen LogP contribution in [-0.4, -0.2) is 41.4 Å². The Hall–Kier alpha value is -1.93. The largest absolute Gasteiger partial charge is 0.357 e. The third-order valence-electron chi connectivity index (χ3n) is 4.67. The quantitative estimate of drug-likeness (QED) is 0.533. The van der Waals surface area contributed by atoms with Crippen molar-refractivity contribution in [3.05, 3.63) is 38.0 Å². The third kappa shape index (κ3) is 5.54. The van der Waals surface area contributed by atoms with Crippen LogP contribution >= 0.6 is 22.7 Å². The van der Waals surface area contributed by atoms with E-state index in [2.05, 4.69) is 51.3 Å². The van der Waals surface area contributed by atoms with Crippen LogP contribution in [0.4, 0.5) is 0 Å². The van der Waals surface area contributed by atoms with Crippen molar-refractivity contribution in [3.63, 3.8) is 0 Å². The van der Waals surface area contributed by atoms with E-state index in [-0.39, 0.29) is 5.91 Å². The summed E-state index contributed by atoms with van der Waals surface area (Å²) in [7, 11) is 0. The topological polar surface area (TPSA) is 69.6 Å². The molecular formula is C20H29N5OS2. The lowest BCUT2D eigenvalue weighted by Crippen LogP contribution is -2.41. The molecule has 0 atom stereocenters. The van der Waals surface area contributed by atoms with Crippen molar-refractivity contribution in [2.75, 3.05) is 19.6 Å². The molecule has 0 aromatic carbocycles. The SMILES string of the molecule is CCNC(=NCc1nc(C(C)C)cs1)NCCC(=O)N1CCc2sccc2C1. The monoisotopic (exact) mass is 419 g/mol. The first-order chi connectivity index (χ1) is 13.6. The van der Waals surface area contributed by atoms with Gasteiger partial charge in [-0.25, -0.2) is 9.98 Å². The van der Waals surface area contributed by atoms with Gasteiger partial charge in [0.2, 0.25) is 5.91 Å². The fraction of sp³-hybridized carbons (Fsp3) is 0.550. The van der Waals surface area contributed by atoms with Gasteiger partial charge < -0.3 is 15.5 Å². The summed E-state index contributed by atoms with van der Waals surface area (Å²) in [6.45, 7) is 9.80. The number of thiophene rings is 1. The Labute approximate surface area is 175 Å². The van der Waals surface area contributed by atoms with Gasteiger partial charge in [-0.3, -0.25) is 4.79 Å². The van der Waals surface area contributed by atoms with Crippen LogP contribution < -0.4 is 10.6 Å². The zero-order valence-electron chi connectivity index (χ0n) is 16.8. The molecule has 1 aliphatic heterocycles. The number of carbonyl (C=O) groups is 1. The maximum atomic E-state index is 12.5. The molecule has 0 spiro atoms. The average molecular weight is 420 g/mol. The molecular weight excluding hydrogens is 390 g/mol. The second-order valence-corrected chi connectivity index (χ2v) is 9.07. The number of nitrogens with zero attached hydrogens (tertiary/aromatic N) is 3. The molecule has 0 radical (unpaired) electrons. The molecule has 1 amide bonds. The molecule has 0 fully saturated rings. The Kier molecular flexibility index (Phi) is 7.44. The average Bonchev–Trinajstić information content (AvgIpc) is 3.34. The minimum atomic E-state index is 0.196. The van der Waals surface area contributed by atoms with E-state index in [1.165, 1.54) is 10.4 Å². The molecule has 3 heterocycles. The van der Waals surface area contributed by atoms with Crippen molar-refractivity contribution < 1.29 is 4.79 Å². The Morgan fingerprint density at radius 2 is 2.21 bits per heavy atom. The summed E-state index contributed by atoms with van der Waals surface area (Å²) in [5.41, 5.74) is 2.42. The van der Waals surface area contributed by atoms with E-state index >= 15 is 0 Å². The van der Waals surface area contributed by atoms with Gasteiger partial charge in [0.1, 0.15) is 5.01 Å². The molecule has 2 N–H and O–H groups in total. The fourth-order valence-corrected chi connectivity index (χ4v) is 4.83. The summed E-state index contributed by atoms with van der Waals surface area (Å²) in [5, 5.41) is 11.7. The van der Waals surface area contributed by atoms with Crippen LogP contribution in [0.15, 0.2) is 21.8 Å². The highest BCUT2D eigenvalue weighted by Crippen LogP contribution is 2.24. The van der Waals surface area contributed by atoms with Gasteiger partial charge in [-0.1, -0.05) is 13.8 Å². The molecule has 2 aromatic heterocycles. The summed E-state index contributed by atoms with van der Waals surface area (Å²) in [6, 6.07) is 2.14. The summed E-state index contributed by atoms with van der Waals surface area (Å²) in [5.74, 6) is 1.36. The van der Waals surface area contributed by atoms with E-state index in [9.17, 15) is 4.79 Å². The van der Waals surface area contributed by atoms with Crippen molar-refractivity contribution in [2.24, 2.45) is 4.99 Å². The van der Waals surface area contributed by atoms with Crippen LogP contribution in [-0.2, 0) is 24.3 Å². The summed E-state index contributed by atoms with van der Waals surface area (Å²) in [4.78, 5) is 25.1. The molecule has 0 saturated carbocycles. The lowest BCUT2D eigenvalue weighted by Gasteiger charge is -2.27. The molecule has 0 unspecified atom stereocenters. The van der Waals surface area contributed by atoms with E-state index in [0.29, 0.717) is 25.4 Å².